The van der Waals surface area contributed by atoms with Crippen molar-refractivity contribution in [3.63, 3.8) is 0 Å². The zero-order valence-electron chi connectivity index (χ0n) is 9.58. The van der Waals surface area contributed by atoms with E-state index in [9.17, 15) is 14.4 Å². The molecule has 16 heavy (non-hydrogen) atoms. The number of carbonyl (C=O) groups is 3. The second-order valence-corrected chi connectivity index (χ2v) is 3.70. The van der Waals surface area contributed by atoms with E-state index in [-0.39, 0.29) is 12.6 Å². The summed E-state index contributed by atoms with van der Waals surface area (Å²) in [5.74, 6) is -0.827. The van der Waals surface area contributed by atoms with Gasteiger partial charge in [0.25, 0.3) is 0 Å². The van der Waals surface area contributed by atoms with Crippen molar-refractivity contribution in [3.05, 3.63) is 0 Å². The molecule has 0 saturated carbocycles. The van der Waals surface area contributed by atoms with Gasteiger partial charge >= 0.3 is 6.03 Å². The summed E-state index contributed by atoms with van der Waals surface area (Å²) in [6.45, 7) is 4.23. The third kappa shape index (κ3) is 2.71. The van der Waals surface area contributed by atoms with Crippen LogP contribution in [0.2, 0.25) is 0 Å². The lowest BCUT2D eigenvalue weighted by Gasteiger charge is -2.33. The van der Waals surface area contributed by atoms with Crippen LogP contribution < -0.4 is 10.6 Å². The van der Waals surface area contributed by atoms with Crippen LogP contribution in [-0.2, 0) is 9.59 Å². The van der Waals surface area contributed by atoms with E-state index in [0.29, 0.717) is 13.0 Å². The second kappa shape index (κ2) is 5.48. The van der Waals surface area contributed by atoms with Gasteiger partial charge in [0.2, 0.25) is 11.8 Å². The summed E-state index contributed by atoms with van der Waals surface area (Å²) < 4.78 is 0. The van der Waals surface area contributed by atoms with E-state index >= 15 is 0 Å². The lowest BCUT2D eigenvalue weighted by molar-refractivity contribution is -0.138. The fourth-order valence-corrected chi connectivity index (χ4v) is 1.62. The number of hydrogen-bond donors (Lipinski definition) is 2. The highest BCUT2D eigenvalue weighted by molar-refractivity contribution is 6.04. The summed E-state index contributed by atoms with van der Waals surface area (Å²) in [6.07, 6.45) is 1.31. The first-order valence-corrected chi connectivity index (χ1v) is 5.48. The molecule has 4 amide bonds. The smallest absolute Gasteiger partial charge is 0.318 e. The van der Waals surface area contributed by atoms with Crippen molar-refractivity contribution in [2.75, 3.05) is 13.1 Å². The molecule has 0 aromatic carbocycles. The van der Waals surface area contributed by atoms with Crippen molar-refractivity contribution < 1.29 is 14.4 Å². The summed E-state index contributed by atoms with van der Waals surface area (Å²) in [7, 11) is 0. The Bertz CT molecular complexity index is 304. The van der Waals surface area contributed by atoms with Gasteiger partial charge in [-0.3, -0.25) is 14.9 Å². The summed E-state index contributed by atoms with van der Waals surface area (Å²) in [4.78, 5) is 35.6. The minimum absolute atomic E-state index is 0.0558. The number of nitrogens with one attached hydrogen (secondary N) is 2. The predicted molar refractivity (Wildman–Crippen MR) is 57.6 cm³/mol. The molecule has 0 aliphatic carbocycles. The van der Waals surface area contributed by atoms with Crippen LogP contribution in [0.25, 0.3) is 0 Å². The molecule has 0 bridgehead atoms. The highest BCUT2D eigenvalue weighted by Crippen LogP contribution is 2.09. The van der Waals surface area contributed by atoms with Gasteiger partial charge < -0.3 is 10.2 Å². The molecule has 1 aliphatic rings. The normalized spacial score (nSPS) is 20.6. The molecule has 2 N–H and O–H groups in total. The fourth-order valence-electron chi connectivity index (χ4n) is 1.62. The van der Waals surface area contributed by atoms with E-state index in [4.69, 9.17) is 0 Å². The molecule has 6 heteroatoms. The largest absolute Gasteiger partial charge is 0.338 e. The number of imide groups is 1. The Morgan fingerprint density at radius 2 is 2.19 bits per heavy atom. The number of rotatable bonds is 3. The number of piperazine rings is 1. The zero-order valence-corrected chi connectivity index (χ0v) is 9.58. The van der Waals surface area contributed by atoms with Crippen LogP contribution in [0.15, 0.2) is 0 Å². The molecular weight excluding hydrogens is 210 g/mol. The van der Waals surface area contributed by atoms with Gasteiger partial charge in [0.05, 0.1) is 0 Å². The molecule has 0 radical (unpaired) electrons. The number of amides is 4. The van der Waals surface area contributed by atoms with Crippen molar-refractivity contribution in [2.24, 2.45) is 0 Å². The van der Waals surface area contributed by atoms with E-state index in [0.717, 1.165) is 6.42 Å². The van der Waals surface area contributed by atoms with Gasteiger partial charge in [-0.15, -0.1) is 0 Å². The van der Waals surface area contributed by atoms with Crippen molar-refractivity contribution in [1.29, 1.82) is 0 Å². The predicted octanol–water partition coefficient (Wildman–Crippen LogP) is -0.157. The topological polar surface area (TPSA) is 78.5 Å². The van der Waals surface area contributed by atoms with Crippen LogP contribution in [-0.4, -0.2) is 41.9 Å². The molecule has 90 valence electrons. The van der Waals surface area contributed by atoms with Gasteiger partial charge in [0.1, 0.15) is 12.6 Å². The maximum absolute atomic E-state index is 11.7. The molecule has 1 unspecified atom stereocenters. The zero-order chi connectivity index (χ0) is 12.1. The molecule has 0 aromatic heterocycles. The number of nitrogens with zero attached hydrogens (tertiary/aromatic N) is 1. The molecule has 6 nitrogen and oxygen atoms in total. The quantitative estimate of drug-likeness (QED) is 0.658. The summed E-state index contributed by atoms with van der Waals surface area (Å²) in [6, 6.07) is -0.897. The van der Waals surface area contributed by atoms with Gasteiger partial charge in [-0.1, -0.05) is 13.8 Å². The van der Waals surface area contributed by atoms with E-state index in [1.54, 1.807) is 6.92 Å². The summed E-state index contributed by atoms with van der Waals surface area (Å²) >= 11 is 0. The molecule has 1 atom stereocenters. The molecule has 1 saturated heterocycles. The van der Waals surface area contributed by atoms with Gasteiger partial charge in [0, 0.05) is 6.54 Å². The third-order valence-corrected chi connectivity index (χ3v) is 2.43. The van der Waals surface area contributed by atoms with Gasteiger partial charge in [0.15, 0.2) is 0 Å². The van der Waals surface area contributed by atoms with Crippen LogP contribution in [0.5, 0.6) is 0 Å². The highest BCUT2D eigenvalue weighted by atomic mass is 16.2. The highest BCUT2D eigenvalue weighted by Gasteiger charge is 2.35. The first-order valence-electron chi connectivity index (χ1n) is 5.48. The lowest BCUT2D eigenvalue weighted by Crippen LogP contribution is -2.61. The van der Waals surface area contributed by atoms with E-state index < -0.39 is 17.9 Å². The SMILES string of the molecule is CCCNC(=O)N1CC(=O)NC(=O)C1CC. The first kappa shape index (κ1) is 12.5. The molecule has 1 heterocycles. The molecular formula is C10H17N3O3. The van der Waals surface area contributed by atoms with Crippen LogP contribution >= 0.6 is 0 Å². The average Bonchev–Trinajstić information content (AvgIpc) is 2.24. The van der Waals surface area contributed by atoms with E-state index in [2.05, 4.69) is 10.6 Å². The molecule has 0 spiro atoms. The Balaban J connectivity index is 2.70. The lowest BCUT2D eigenvalue weighted by atomic mass is 10.1. The van der Waals surface area contributed by atoms with Crippen LogP contribution in [0.1, 0.15) is 26.7 Å². The minimum atomic E-state index is -0.547. The van der Waals surface area contributed by atoms with Gasteiger partial charge in [-0.25, -0.2) is 4.79 Å². The molecule has 1 rings (SSSR count). The second-order valence-electron chi connectivity index (χ2n) is 3.70. The van der Waals surface area contributed by atoms with Crippen LogP contribution in [0, 0.1) is 0 Å². The monoisotopic (exact) mass is 227 g/mol. The van der Waals surface area contributed by atoms with Gasteiger partial charge in [-0.2, -0.15) is 0 Å². The Kier molecular flexibility index (Phi) is 4.28. The average molecular weight is 227 g/mol. The van der Waals surface area contributed by atoms with Crippen LogP contribution in [0.4, 0.5) is 4.79 Å². The molecule has 1 fully saturated rings. The Hall–Kier alpha value is -1.59. The minimum Gasteiger partial charge on any atom is -0.338 e. The first-order chi connectivity index (χ1) is 7.60. The maximum atomic E-state index is 11.7. The van der Waals surface area contributed by atoms with Gasteiger partial charge in [-0.05, 0) is 12.8 Å². The van der Waals surface area contributed by atoms with Crippen molar-refractivity contribution in [1.82, 2.24) is 15.5 Å². The van der Waals surface area contributed by atoms with Crippen LogP contribution in [0.3, 0.4) is 0 Å². The maximum Gasteiger partial charge on any atom is 0.318 e. The summed E-state index contributed by atoms with van der Waals surface area (Å²) in [5, 5.41) is 4.88. The number of hydrogen-bond acceptors (Lipinski definition) is 3. The molecule has 1 aliphatic heterocycles. The Morgan fingerprint density at radius 1 is 1.50 bits per heavy atom. The van der Waals surface area contributed by atoms with E-state index in [1.807, 2.05) is 6.92 Å². The third-order valence-electron chi connectivity index (χ3n) is 2.43. The number of carbonyl (C=O) groups excluding carboxylic acids is 3. The van der Waals surface area contributed by atoms with Crippen molar-refractivity contribution in [2.45, 2.75) is 32.7 Å². The standard InChI is InChI=1S/C10H17N3O3/c1-3-5-11-10(16)13-6-8(14)12-9(15)7(13)4-2/h7H,3-6H2,1-2H3,(H,11,16)(H,12,14,15). The van der Waals surface area contributed by atoms with Crippen molar-refractivity contribution >= 4 is 17.8 Å². The Morgan fingerprint density at radius 3 is 2.75 bits per heavy atom. The number of urea groups is 1. The molecule has 0 aromatic rings. The van der Waals surface area contributed by atoms with Crippen molar-refractivity contribution in [3.8, 4) is 0 Å². The Labute approximate surface area is 94.4 Å². The van der Waals surface area contributed by atoms with E-state index in [1.165, 1.54) is 4.90 Å². The fraction of sp³-hybridized carbons (Fsp3) is 0.700. The summed E-state index contributed by atoms with van der Waals surface area (Å²) in [5.41, 5.74) is 0.